The van der Waals surface area contributed by atoms with E-state index in [4.69, 9.17) is 9.47 Å². The third-order valence-corrected chi connectivity index (χ3v) is 5.02. The fraction of sp³-hybridized carbons (Fsp3) is 0.100. The van der Waals surface area contributed by atoms with E-state index < -0.39 is 0 Å². The Labute approximate surface area is 155 Å². The van der Waals surface area contributed by atoms with Crippen LogP contribution >= 0.6 is 11.3 Å². The molecule has 6 heteroatoms. The molecule has 0 saturated carbocycles. The first-order chi connectivity index (χ1) is 12.8. The number of nitrogens with zero attached hydrogens (tertiary/aromatic N) is 2. The molecule has 0 atom stereocenters. The Hall–Kier alpha value is -3.12. The van der Waals surface area contributed by atoms with Gasteiger partial charge in [-0.2, -0.15) is 0 Å². The molecule has 0 aliphatic carbocycles. The molecule has 0 spiro atoms. The van der Waals surface area contributed by atoms with Gasteiger partial charge in [0.2, 0.25) is 0 Å². The minimum Gasteiger partial charge on any atom is -0.497 e. The lowest BCUT2D eigenvalue weighted by Gasteiger charge is -2.12. The first-order valence-electron chi connectivity index (χ1n) is 8.07. The van der Waals surface area contributed by atoms with Gasteiger partial charge < -0.3 is 14.8 Å². The Balaban J connectivity index is 1.81. The summed E-state index contributed by atoms with van der Waals surface area (Å²) in [6.07, 6.45) is 1.58. The van der Waals surface area contributed by atoms with E-state index in [1.54, 1.807) is 31.9 Å². The van der Waals surface area contributed by atoms with Crippen molar-refractivity contribution in [1.82, 2.24) is 9.97 Å². The topological polar surface area (TPSA) is 56.3 Å². The number of hydrogen-bond donors (Lipinski definition) is 1. The Morgan fingerprint density at radius 3 is 2.50 bits per heavy atom. The summed E-state index contributed by atoms with van der Waals surface area (Å²) in [7, 11) is 3.32. The maximum Gasteiger partial charge on any atom is 0.143 e. The second kappa shape index (κ2) is 7.01. The zero-order chi connectivity index (χ0) is 17.9. The molecule has 2 heterocycles. The molecule has 0 amide bonds. The van der Waals surface area contributed by atoms with Crippen LogP contribution in [0, 0.1) is 0 Å². The van der Waals surface area contributed by atoms with Gasteiger partial charge in [0, 0.05) is 10.9 Å². The van der Waals surface area contributed by atoms with E-state index in [0.29, 0.717) is 0 Å². The van der Waals surface area contributed by atoms with E-state index in [0.717, 1.165) is 44.3 Å². The van der Waals surface area contributed by atoms with Crippen LogP contribution < -0.4 is 14.8 Å². The number of nitrogens with one attached hydrogen (secondary N) is 1. The highest BCUT2D eigenvalue weighted by molar-refractivity contribution is 7.17. The summed E-state index contributed by atoms with van der Waals surface area (Å²) in [4.78, 5) is 9.82. The van der Waals surface area contributed by atoms with Crippen LogP contribution in [0.4, 0.5) is 11.5 Å². The van der Waals surface area contributed by atoms with Gasteiger partial charge in [0.05, 0.1) is 25.3 Å². The van der Waals surface area contributed by atoms with Crippen molar-refractivity contribution in [2.45, 2.75) is 0 Å². The van der Waals surface area contributed by atoms with Crippen molar-refractivity contribution >= 4 is 33.1 Å². The maximum atomic E-state index is 5.43. The van der Waals surface area contributed by atoms with Crippen molar-refractivity contribution in [3.8, 4) is 22.6 Å². The number of ether oxygens (including phenoxy) is 2. The van der Waals surface area contributed by atoms with Crippen LogP contribution in [-0.4, -0.2) is 24.2 Å². The van der Waals surface area contributed by atoms with Gasteiger partial charge >= 0.3 is 0 Å². The van der Waals surface area contributed by atoms with Gasteiger partial charge in [0.1, 0.15) is 28.5 Å². The average Bonchev–Trinajstić information content (AvgIpc) is 3.14. The zero-order valence-electron chi connectivity index (χ0n) is 14.4. The average molecular weight is 363 g/mol. The second-order valence-electron chi connectivity index (χ2n) is 5.61. The van der Waals surface area contributed by atoms with Crippen molar-refractivity contribution in [3.63, 3.8) is 0 Å². The van der Waals surface area contributed by atoms with Gasteiger partial charge in [-0.25, -0.2) is 9.97 Å². The molecule has 130 valence electrons. The van der Waals surface area contributed by atoms with E-state index in [9.17, 15) is 0 Å². The van der Waals surface area contributed by atoms with E-state index in [1.807, 2.05) is 48.5 Å². The van der Waals surface area contributed by atoms with E-state index in [2.05, 4.69) is 20.7 Å². The van der Waals surface area contributed by atoms with Crippen LogP contribution in [0.2, 0.25) is 0 Å². The molecule has 5 nitrogen and oxygen atoms in total. The number of hydrogen-bond acceptors (Lipinski definition) is 6. The lowest BCUT2D eigenvalue weighted by molar-refractivity contribution is 0.415. The number of para-hydroxylation sites is 2. The number of thiophene rings is 1. The highest BCUT2D eigenvalue weighted by Gasteiger charge is 2.14. The van der Waals surface area contributed by atoms with E-state index in [-0.39, 0.29) is 0 Å². The number of methoxy groups -OCH3 is 2. The maximum absolute atomic E-state index is 5.43. The summed E-state index contributed by atoms with van der Waals surface area (Å²) in [6, 6.07) is 15.8. The summed E-state index contributed by atoms with van der Waals surface area (Å²) in [5.74, 6) is 2.35. The Morgan fingerprint density at radius 2 is 1.73 bits per heavy atom. The molecule has 0 bridgehead atoms. The molecule has 0 radical (unpaired) electrons. The van der Waals surface area contributed by atoms with Crippen molar-refractivity contribution in [3.05, 3.63) is 60.2 Å². The van der Waals surface area contributed by atoms with Gasteiger partial charge in [-0.3, -0.25) is 0 Å². The van der Waals surface area contributed by atoms with Gasteiger partial charge in [-0.1, -0.05) is 24.3 Å². The van der Waals surface area contributed by atoms with Crippen molar-refractivity contribution < 1.29 is 9.47 Å². The lowest BCUT2D eigenvalue weighted by atomic mass is 10.1. The van der Waals surface area contributed by atoms with Gasteiger partial charge in [0.25, 0.3) is 0 Å². The number of benzene rings is 2. The molecule has 2 aromatic heterocycles. The highest BCUT2D eigenvalue weighted by Crippen LogP contribution is 2.38. The summed E-state index contributed by atoms with van der Waals surface area (Å²) < 4.78 is 10.7. The van der Waals surface area contributed by atoms with Gasteiger partial charge in [-0.05, 0) is 29.8 Å². The molecular weight excluding hydrogens is 346 g/mol. The highest BCUT2D eigenvalue weighted by atomic mass is 32.1. The first-order valence-corrected chi connectivity index (χ1v) is 8.95. The lowest BCUT2D eigenvalue weighted by Crippen LogP contribution is -1.98. The minimum absolute atomic E-state index is 0.756. The molecule has 0 aliphatic heterocycles. The van der Waals surface area contributed by atoms with Crippen LogP contribution in [0.5, 0.6) is 11.5 Å². The molecule has 0 fully saturated rings. The van der Waals surface area contributed by atoms with E-state index >= 15 is 0 Å². The van der Waals surface area contributed by atoms with Crippen molar-refractivity contribution in [1.29, 1.82) is 0 Å². The number of rotatable bonds is 5. The van der Waals surface area contributed by atoms with Crippen LogP contribution in [0.1, 0.15) is 0 Å². The summed E-state index contributed by atoms with van der Waals surface area (Å²) >= 11 is 1.60. The molecular formula is C20H17N3O2S. The Bertz CT molecular complexity index is 1040. The number of fused-ring (bicyclic) bond motifs is 1. The quantitative estimate of drug-likeness (QED) is 0.533. The molecule has 0 unspecified atom stereocenters. The molecule has 1 N–H and O–H groups in total. The van der Waals surface area contributed by atoms with E-state index in [1.165, 1.54) is 0 Å². The second-order valence-corrected chi connectivity index (χ2v) is 6.46. The molecule has 0 saturated heterocycles. The SMILES string of the molecule is COc1ccc(-c2csc3ncnc(Nc4ccccc4OC)c23)cc1. The fourth-order valence-corrected chi connectivity index (χ4v) is 3.74. The Kier molecular flexibility index (Phi) is 4.41. The first kappa shape index (κ1) is 16.4. The third kappa shape index (κ3) is 2.95. The molecule has 4 rings (SSSR count). The molecule has 26 heavy (non-hydrogen) atoms. The number of aromatic nitrogens is 2. The van der Waals surface area contributed by atoms with Gasteiger partial charge in [0.15, 0.2) is 0 Å². The van der Waals surface area contributed by atoms with Gasteiger partial charge in [-0.15, -0.1) is 11.3 Å². The van der Waals surface area contributed by atoms with Crippen molar-refractivity contribution in [2.24, 2.45) is 0 Å². The number of anilines is 2. The van der Waals surface area contributed by atoms with Crippen molar-refractivity contribution in [2.75, 3.05) is 19.5 Å². The van der Waals surface area contributed by atoms with Crippen LogP contribution in [-0.2, 0) is 0 Å². The molecule has 4 aromatic rings. The summed E-state index contributed by atoms with van der Waals surface area (Å²) in [6.45, 7) is 0. The standard InChI is InChI=1S/C20H17N3O2S/c1-24-14-9-7-13(8-10-14)15-11-26-20-18(15)19(21-12-22-20)23-16-5-3-4-6-17(16)25-2/h3-12H,1-2H3,(H,21,22,23). The minimum atomic E-state index is 0.756. The normalized spacial score (nSPS) is 10.7. The third-order valence-electron chi connectivity index (χ3n) is 4.13. The van der Waals surface area contributed by atoms with Crippen LogP contribution in [0.3, 0.4) is 0 Å². The predicted molar refractivity (Wildman–Crippen MR) is 106 cm³/mol. The zero-order valence-corrected chi connectivity index (χ0v) is 15.2. The van der Waals surface area contributed by atoms with Crippen LogP contribution in [0.25, 0.3) is 21.3 Å². The monoisotopic (exact) mass is 363 g/mol. The predicted octanol–water partition coefficient (Wildman–Crippen LogP) is 5.12. The molecule has 0 aliphatic rings. The summed E-state index contributed by atoms with van der Waals surface area (Å²) in [5.41, 5.74) is 3.04. The van der Waals surface area contributed by atoms with Crippen LogP contribution in [0.15, 0.2) is 60.2 Å². The smallest absolute Gasteiger partial charge is 0.143 e. The fourth-order valence-electron chi connectivity index (χ4n) is 2.83. The summed E-state index contributed by atoms with van der Waals surface area (Å²) in [5, 5.41) is 6.49. The molecule has 2 aromatic carbocycles. The Morgan fingerprint density at radius 1 is 0.923 bits per heavy atom. The largest absolute Gasteiger partial charge is 0.497 e.